The van der Waals surface area contributed by atoms with Crippen LogP contribution in [-0.2, 0) is 20.7 Å². The van der Waals surface area contributed by atoms with E-state index >= 15 is 0 Å². The van der Waals surface area contributed by atoms with Crippen LogP contribution in [-0.4, -0.2) is 36.1 Å². The predicted octanol–water partition coefficient (Wildman–Crippen LogP) is 0.313. The normalized spacial score (nSPS) is 19.3. The van der Waals surface area contributed by atoms with Gasteiger partial charge in [-0.2, -0.15) is 0 Å². The minimum atomic E-state index is -0.307. The molecule has 7 heteroatoms. The van der Waals surface area contributed by atoms with E-state index in [4.69, 9.17) is 10.5 Å². The molecular formula is C11H15N3O3S. The second-order valence-electron chi connectivity index (χ2n) is 4.07. The number of nitrogens with two attached hydrogens (primary N) is 1. The number of carbonyl (C=O) groups is 2. The number of anilines is 1. The number of hydrogen-bond acceptors (Lipinski definition) is 6. The number of carbonyl (C=O) groups excluding carboxylic acids is 2. The second-order valence-corrected chi connectivity index (χ2v) is 4.91. The monoisotopic (exact) mass is 269 g/mol. The molecule has 0 spiro atoms. The standard InChI is InChI=1S/C11H15N3O3S/c1-2-17-10(16)4-8-6-18-11(13-8)14-5-7(12)3-9(14)15/h6-7H,2-5,12H2,1H3. The summed E-state index contributed by atoms with van der Waals surface area (Å²) in [5, 5.41) is 2.37. The summed E-state index contributed by atoms with van der Waals surface area (Å²) in [6.45, 7) is 2.61. The van der Waals surface area contributed by atoms with Gasteiger partial charge in [0.1, 0.15) is 0 Å². The molecule has 1 unspecified atom stereocenters. The second kappa shape index (κ2) is 5.45. The maximum Gasteiger partial charge on any atom is 0.311 e. The summed E-state index contributed by atoms with van der Waals surface area (Å²) >= 11 is 1.34. The number of aromatic nitrogens is 1. The van der Waals surface area contributed by atoms with Gasteiger partial charge in [0.15, 0.2) is 5.13 Å². The summed E-state index contributed by atoms with van der Waals surface area (Å²) < 4.78 is 4.84. The topological polar surface area (TPSA) is 85.5 Å². The summed E-state index contributed by atoms with van der Waals surface area (Å²) in [6, 6.07) is -0.130. The van der Waals surface area contributed by atoms with Crippen molar-refractivity contribution in [3.63, 3.8) is 0 Å². The molecule has 1 atom stereocenters. The van der Waals surface area contributed by atoms with Crippen LogP contribution in [0.3, 0.4) is 0 Å². The fourth-order valence-electron chi connectivity index (χ4n) is 1.78. The van der Waals surface area contributed by atoms with Gasteiger partial charge in [0.2, 0.25) is 5.91 Å². The molecule has 18 heavy (non-hydrogen) atoms. The van der Waals surface area contributed by atoms with Crippen molar-refractivity contribution < 1.29 is 14.3 Å². The van der Waals surface area contributed by atoms with Crippen LogP contribution in [0.2, 0.25) is 0 Å². The summed E-state index contributed by atoms with van der Waals surface area (Å²) in [7, 11) is 0. The van der Waals surface area contributed by atoms with E-state index < -0.39 is 0 Å². The Balaban J connectivity index is 2.02. The minimum absolute atomic E-state index is 0.0143. The number of amides is 1. The third kappa shape index (κ3) is 2.85. The molecule has 2 rings (SSSR count). The predicted molar refractivity (Wildman–Crippen MR) is 67.4 cm³/mol. The molecule has 0 aliphatic carbocycles. The fourth-order valence-corrected chi connectivity index (χ4v) is 2.63. The van der Waals surface area contributed by atoms with Gasteiger partial charge in [-0.3, -0.25) is 14.5 Å². The smallest absolute Gasteiger partial charge is 0.311 e. The van der Waals surface area contributed by atoms with Crippen molar-refractivity contribution in [2.24, 2.45) is 5.73 Å². The van der Waals surface area contributed by atoms with E-state index in [-0.39, 0.29) is 24.3 Å². The molecule has 2 N–H and O–H groups in total. The Morgan fingerprint density at radius 2 is 2.50 bits per heavy atom. The quantitative estimate of drug-likeness (QED) is 0.795. The molecule has 0 saturated carbocycles. The van der Waals surface area contributed by atoms with Crippen molar-refractivity contribution in [1.82, 2.24) is 4.98 Å². The van der Waals surface area contributed by atoms with E-state index in [1.807, 2.05) is 0 Å². The van der Waals surface area contributed by atoms with Crippen LogP contribution in [0.1, 0.15) is 19.0 Å². The van der Waals surface area contributed by atoms with Crippen molar-refractivity contribution in [2.75, 3.05) is 18.1 Å². The van der Waals surface area contributed by atoms with Gasteiger partial charge in [-0.25, -0.2) is 4.98 Å². The zero-order chi connectivity index (χ0) is 13.1. The highest BCUT2D eigenvalue weighted by Crippen LogP contribution is 2.25. The molecule has 1 aliphatic heterocycles. The Hall–Kier alpha value is -1.47. The highest BCUT2D eigenvalue weighted by Gasteiger charge is 2.30. The molecule has 1 saturated heterocycles. The number of esters is 1. The van der Waals surface area contributed by atoms with E-state index in [1.54, 1.807) is 17.2 Å². The van der Waals surface area contributed by atoms with Crippen molar-refractivity contribution >= 4 is 28.3 Å². The van der Waals surface area contributed by atoms with Crippen molar-refractivity contribution in [3.8, 4) is 0 Å². The molecule has 1 aliphatic rings. The average molecular weight is 269 g/mol. The number of thiazole rings is 1. The van der Waals surface area contributed by atoms with Gasteiger partial charge in [-0.15, -0.1) is 11.3 Å². The van der Waals surface area contributed by atoms with Crippen LogP contribution in [0.4, 0.5) is 5.13 Å². The molecular weight excluding hydrogens is 254 g/mol. The SMILES string of the molecule is CCOC(=O)Cc1csc(N2CC(N)CC2=O)n1. The lowest BCUT2D eigenvalue weighted by Crippen LogP contribution is -2.27. The largest absolute Gasteiger partial charge is 0.466 e. The van der Waals surface area contributed by atoms with Crippen LogP contribution in [0.25, 0.3) is 0 Å². The van der Waals surface area contributed by atoms with E-state index in [2.05, 4.69) is 4.98 Å². The molecule has 1 aromatic rings. The van der Waals surface area contributed by atoms with Gasteiger partial charge >= 0.3 is 5.97 Å². The Kier molecular flexibility index (Phi) is 3.93. The summed E-state index contributed by atoms with van der Waals surface area (Å²) in [5.74, 6) is -0.321. The Labute approximate surface area is 109 Å². The van der Waals surface area contributed by atoms with Crippen LogP contribution >= 0.6 is 11.3 Å². The molecule has 0 radical (unpaired) electrons. The average Bonchev–Trinajstić information content (AvgIpc) is 2.85. The molecule has 1 aromatic heterocycles. The van der Waals surface area contributed by atoms with Crippen LogP contribution in [0, 0.1) is 0 Å². The first-order valence-electron chi connectivity index (χ1n) is 5.76. The zero-order valence-corrected chi connectivity index (χ0v) is 10.9. The maximum atomic E-state index is 11.6. The highest BCUT2D eigenvalue weighted by molar-refractivity contribution is 7.14. The van der Waals surface area contributed by atoms with Crippen molar-refractivity contribution in [1.29, 1.82) is 0 Å². The van der Waals surface area contributed by atoms with Crippen molar-refractivity contribution in [2.45, 2.75) is 25.8 Å². The maximum absolute atomic E-state index is 11.6. The summed E-state index contributed by atoms with van der Waals surface area (Å²) in [6.07, 6.45) is 0.491. The van der Waals surface area contributed by atoms with E-state index in [9.17, 15) is 9.59 Å². The first-order valence-corrected chi connectivity index (χ1v) is 6.64. The fraction of sp³-hybridized carbons (Fsp3) is 0.545. The number of nitrogens with zero attached hydrogens (tertiary/aromatic N) is 2. The molecule has 1 fully saturated rings. The van der Waals surface area contributed by atoms with E-state index in [1.165, 1.54) is 11.3 Å². The van der Waals surface area contributed by atoms with Gasteiger partial charge in [0.05, 0.1) is 18.7 Å². The van der Waals surface area contributed by atoms with E-state index in [0.717, 1.165) is 0 Å². The molecule has 0 bridgehead atoms. The Morgan fingerprint density at radius 3 is 3.11 bits per heavy atom. The number of hydrogen-bond donors (Lipinski definition) is 1. The van der Waals surface area contributed by atoms with Crippen LogP contribution < -0.4 is 10.6 Å². The lowest BCUT2D eigenvalue weighted by molar-refractivity contribution is -0.142. The zero-order valence-electron chi connectivity index (χ0n) is 10.1. The summed E-state index contributed by atoms with van der Waals surface area (Å²) in [4.78, 5) is 28.8. The van der Waals surface area contributed by atoms with Gasteiger partial charge < -0.3 is 10.5 Å². The lowest BCUT2D eigenvalue weighted by atomic mass is 10.3. The number of ether oxygens (including phenoxy) is 1. The van der Waals surface area contributed by atoms with Gasteiger partial charge in [0, 0.05) is 24.4 Å². The Bertz CT molecular complexity index is 460. The van der Waals surface area contributed by atoms with Gasteiger partial charge in [0.25, 0.3) is 0 Å². The third-order valence-electron chi connectivity index (χ3n) is 2.56. The minimum Gasteiger partial charge on any atom is -0.466 e. The van der Waals surface area contributed by atoms with Gasteiger partial charge in [-0.05, 0) is 6.92 Å². The molecule has 1 amide bonds. The van der Waals surface area contributed by atoms with Crippen molar-refractivity contribution in [3.05, 3.63) is 11.1 Å². The van der Waals surface area contributed by atoms with Crippen LogP contribution in [0.15, 0.2) is 5.38 Å². The number of rotatable bonds is 4. The lowest BCUT2D eigenvalue weighted by Gasteiger charge is -2.11. The third-order valence-corrected chi connectivity index (χ3v) is 3.47. The molecule has 2 heterocycles. The first kappa shape index (κ1) is 13.0. The molecule has 0 aromatic carbocycles. The first-order chi connectivity index (χ1) is 8.60. The summed E-state index contributed by atoms with van der Waals surface area (Å²) in [5.41, 5.74) is 6.35. The van der Waals surface area contributed by atoms with Gasteiger partial charge in [-0.1, -0.05) is 0 Å². The highest BCUT2D eigenvalue weighted by atomic mass is 32.1. The molecule has 6 nitrogen and oxygen atoms in total. The van der Waals surface area contributed by atoms with E-state index in [0.29, 0.717) is 30.4 Å². The Morgan fingerprint density at radius 1 is 1.72 bits per heavy atom. The molecule has 98 valence electrons. The van der Waals surface area contributed by atoms with Crippen LogP contribution in [0.5, 0.6) is 0 Å².